The van der Waals surface area contributed by atoms with Crippen molar-refractivity contribution in [3.63, 3.8) is 0 Å². The lowest BCUT2D eigenvalue weighted by Crippen LogP contribution is -2.50. The van der Waals surface area contributed by atoms with E-state index in [0.717, 1.165) is 33.5 Å². The number of hydrogen-bond donors (Lipinski definition) is 2. The van der Waals surface area contributed by atoms with Crippen molar-refractivity contribution in [2.75, 3.05) is 0 Å². The minimum atomic E-state index is -0.930. The molecule has 3 heterocycles. The van der Waals surface area contributed by atoms with E-state index in [9.17, 15) is 9.59 Å². The molecule has 2 aliphatic rings. The van der Waals surface area contributed by atoms with Gasteiger partial charge in [0, 0.05) is 23.1 Å². The Morgan fingerprint density at radius 2 is 1.94 bits per heavy atom. The number of ether oxygens (including phenoxy) is 1. The number of benzene rings is 2. The van der Waals surface area contributed by atoms with Crippen molar-refractivity contribution in [2.24, 2.45) is 5.16 Å². The van der Waals surface area contributed by atoms with Gasteiger partial charge in [-0.2, -0.15) is 0 Å². The number of urea groups is 1. The maximum Gasteiger partial charge on any atom is 0.322 e. The average molecular weight is 430 g/mol. The molecule has 0 radical (unpaired) electrons. The van der Waals surface area contributed by atoms with E-state index in [1.165, 1.54) is 0 Å². The monoisotopic (exact) mass is 430 g/mol. The van der Waals surface area contributed by atoms with Gasteiger partial charge in [-0.1, -0.05) is 23.4 Å². The van der Waals surface area contributed by atoms with Gasteiger partial charge >= 0.3 is 6.03 Å². The summed E-state index contributed by atoms with van der Waals surface area (Å²) >= 11 is 0. The number of pyridine rings is 1. The Labute approximate surface area is 184 Å². The van der Waals surface area contributed by atoms with Crippen molar-refractivity contribution < 1.29 is 19.2 Å². The molecular weight excluding hydrogens is 408 g/mol. The zero-order chi connectivity index (χ0) is 22.3. The molecule has 0 aliphatic carbocycles. The molecule has 162 valence electrons. The van der Waals surface area contributed by atoms with Crippen LogP contribution in [0.1, 0.15) is 30.2 Å². The molecule has 5 rings (SSSR count). The molecular formula is C24H22N4O4. The van der Waals surface area contributed by atoms with Crippen LogP contribution in [0.3, 0.4) is 0 Å². The van der Waals surface area contributed by atoms with E-state index in [-0.39, 0.29) is 0 Å². The highest BCUT2D eigenvalue weighted by Crippen LogP contribution is 2.31. The van der Waals surface area contributed by atoms with Crippen molar-refractivity contribution in [2.45, 2.75) is 38.5 Å². The Morgan fingerprint density at radius 1 is 1.16 bits per heavy atom. The Morgan fingerprint density at radius 3 is 2.69 bits per heavy atom. The second kappa shape index (κ2) is 7.64. The van der Waals surface area contributed by atoms with E-state index in [2.05, 4.69) is 20.8 Å². The fourth-order valence-electron chi connectivity index (χ4n) is 4.13. The quantitative estimate of drug-likeness (QED) is 0.605. The van der Waals surface area contributed by atoms with Gasteiger partial charge in [-0.05, 0) is 55.8 Å². The third-order valence-electron chi connectivity index (χ3n) is 5.78. The predicted molar refractivity (Wildman–Crippen MR) is 118 cm³/mol. The van der Waals surface area contributed by atoms with Gasteiger partial charge in [-0.25, -0.2) is 4.79 Å². The highest BCUT2D eigenvalue weighted by molar-refractivity contribution is 6.07. The first-order valence-electron chi connectivity index (χ1n) is 10.4. The average Bonchev–Trinajstić information content (AvgIpc) is 3.35. The number of fused-ring (bicyclic) bond motifs is 1. The topological polar surface area (TPSA) is 102 Å². The first-order valence-corrected chi connectivity index (χ1v) is 10.4. The highest BCUT2D eigenvalue weighted by atomic mass is 16.7. The molecule has 0 bridgehead atoms. The highest BCUT2D eigenvalue weighted by Gasteiger charge is 2.50. The molecule has 2 unspecified atom stereocenters. The van der Waals surface area contributed by atoms with Crippen LogP contribution < -0.4 is 15.4 Å². The normalized spacial score (nSPS) is 22.3. The molecule has 32 heavy (non-hydrogen) atoms. The number of imide groups is 1. The van der Waals surface area contributed by atoms with Crippen LogP contribution in [0.5, 0.6) is 5.75 Å². The van der Waals surface area contributed by atoms with Gasteiger partial charge in [0.1, 0.15) is 12.4 Å². The third kappa shape index (κ3) is 3.64. The van der Waals surface area contributed by atoms with Gasteiger partial charge in [0.2, 0.25) is 0 Å². The van der Waals surface area contributed by atoms with Crippen molar-refractivity contribution >= 4 is 28.6 Å². The van der Waals surface area contributed by atoms with Gasteiger partial charge in [-0.3, -0.25) is 15.1 Å². The van der Waals surface area contributed by atoms with Crippen LogP contribution in [0.4, 0.5) is 4.79 Å². The van der Waals surface area contributed by atoms with E-state index in [1.807, 2.05) is 61.5 Å². The molecule has 0 spiro atoms. The molecule has 3 aromatic rings. The van der Waals surface area contributed by atoms with Gasteiger partial charge in [0.15, 0.2) is 11.6 Å². The lowest BCUT2D eigenvalue weighted by atomic mass is 9.89. The van der Waals surface area contributed by atoms with E-state index in [1.54, 1.807) is 6.92 Å². The number of hydrogen-bond acceptors (Lipinski definition) is 6. The van der Waals surface area contributed by atoms with E-state index in [0.29, 0.717) is 18.7 Å². The van der Waals surface area contributed by atoms with Crippen molar-refractivity contribution in [1.29, 1.82) is 0 Å². The van der Waals surface area contributed by atoms with E-state index < -0.39 is 23.6 Å². The minimum Gasteiger partial charge on any atom is -0.489 e. The first-order chi connectivity index (χ1) is 15.4. The SMILES string of the molecule is Cc1cc(COc2ccc(C3=NOC(C)(C4NC(=O)NC4=O)C3)cc2)c2ccccc2n1. The molecule has 0 saturated carbocycles. The number of rotatable bonds is 5. The predicted octanol–water partition coefficient (Wildman–Crippen LogP) is 3.21. The minimum absolute atomic E-state index is 0.397. The number of para-hydroxylation sites is 1. The molecule has 8 nitrogen and oxygen atoms in total. The molecule has 2 aromatic carbocycles. The second-order valence-corrected chi connectivity index (χ2v) is 8.27. The number of aromatic nitrogens is 1. The summed E-state index contributed by atoms with van der Waals surface area (Å²) in [6.45, 7) is 4.17. The Hall–Kier alpha value is -3.94. The lowest BCUT2D eigenvalue weighted by molar-refractivity contribution is -0.127. The summed E-state index contributed by atoms with van der Waals surface area (Å²) in [5.41, 5.74) is 3.64. The zero-order valence-electron chi connectivity index (χ0n) is 17.7. The van der Waals surface area contributed by atoms with Crippen LogP contribution >= 0.6 is 0 Å². The molecule has 2 atom stereocenters. The molecule has 1 saturated heterocycles. The summed E-state index contributed by atoms with van der Waals surface area (Å²) in [4.78, 5) is 33.6. The largest absolute Gasteiger partial charge is 0.489 e. The summed E-state index contributed by atoms with van der Waals surface area (Å²) in [6, 6.07) is 16.3. The van der Waals surface area contributed by atoms with Crippen LogP contribution in [0, 0.1) is 6.92 Å². The number of nitrogens with zero attached hydrogens (tertiary/aromatic N) is 2. The molecule has 8 heteroatoms. The Kier molecular flexibility index (Phi) is 4.77. The van der Waals surface area contributed by atoms with Gasteiger partial charge in [0.25, 0.3) is 5.91 Å². The molecule has 3 amide bonds. The van der Waals surface area contributed by atoms with Crippen LogP contribution in [0.15, 0.2) is 59.8 Å². The Balaban J connectivity index is 1.27. The zero-order valence-corrected chi connectivity index (χ0v) is 17.7. The summed E-state index contributed by atoms with van der Waals surface area (Å²) in [5, 5.41) is 10.1. The Bertz CT molecular complexity index is 1250. The van der Waals surface area contributed by atoms with Crippen LogP contribution in [0.2, 0.25) is 0 Å². The molecule has 2 N–H and O–H groups in total. The number of nitrogens with one attached hydrogen (secondary N) is 2. The van der Waals surface area contributed by atoms with E-state index >= 15 is 0 Å². The van der Waals surface area contributed by atoms with Gasteiger partial charge in [0.05, 0.1) is 11.2 Å². The number of aryl methyl sites for hydroxylation is 1. The number of amides is 3. The summed E-state index contributed by atoms with van der Waals surface area (Å²) in [6.07, 6.45) is 0.397. The maximum atomic E-state index is 12.0. The number of carbonyl (C=O) groups is 2. The van der Waals surface area contributed by atoms with Crippen LogP contribution in [-0.4, -0.2) is 34.3 Å². The van der Waals surface area contributed by atoms with Crippen LogP contribution in [0.25, 0.3) is 10.9 Å². The van der Waals surface area contributed by atoms with Gasteiger partial charge < -0.3 is 14.9 Å². The standard InChI is InChI=1S/C24H22N4O4/c1-14-11-16(18-5-3-4-6-19(18)25-14)13-31-17-9-7-15(8-10-17)20-12-24(2,32-28-20)21-22(29)27-23(30)26-21/h3-11,21H,12-13H2,1-2H3,(H2,26,27,29,30). The smallest absolute Gasteiger partial charge is 0.322 e. The summed E-state index contributed by atoms with van der Waals surface area (Å²) < 4.78 is 6.02. The fourth-order valence-corrected chi connectivity index (χ4v) is 4.13. The third-order valence-corrected chi connectivity index (χ3v) is 5.78. The fraction of sp³-hybridized carbons (Fsp3) is 0.250. The lowest BCUT2D eigenvalue weighted by Gasteiger charge is -2.25. The second-order valence-electron chi connectivity index (χ2n) is 8.27. The maximum absolute atomic E-state index is 12.0. The van der Waals surface area contributed by atoms with Crippen LogP contribution in [-0.2, 0) is 16.2 Å². The van der Waals surface area contributed by atoms with E-state index in [4.69, 9.17) is 9.57 Å². The van der Waals surface area contributed by atoms with Crippen molar-refractivity contribution in [3.05, 3.63) is 71.4 Å². The van der Waals surface area contributed by atoms with Crippen molar-refractivity contribution in [1.82, 2.24) is 15.6 Å². The summed E-state index contributed by atoms with van der Waals surface area (Å²) in [7, 11) is 0. The molecule has 1 fully saturated rings. The first kappa shape index (κ1) is 20.0. The summed E-state index contributed by atoms with van der Waals surface area (Å²) in [5.74, 6) is 0.327. The van der Waals surface area contributed by atoms with Crippen molar-refractivity contribution in [3.8, 4) is 5.75 Å². The number of carbonyl (C=O) groups excluding carboxylic acids is 2. The molecule has 2 aliphatic heterocycles. The molecule has 1 aromatic heterocycles. The number of oxime groups is 1. The van der Waals surface area contributed by atoms with Gasteiger partial charge in [-0.15, -0.1) is 0 Å².